The lowest BCUT2D eigenvalue weighted by Crippen LogP contribution is -2.28. The zero-order chi connectivity index (χ0) is 26.3. The van der Waals surface area contributed by atoms with Crippen LogP contribution in [0.25, 0.3) is 22.0 Å². The molecule has 190 valence electrons. The number of anilines is 1. The van der Waals surface area contributed by atoms with Crippen LogP contribution in [0.4, 0.5) is 5.69 Å². The Morgan fingerprint density at radius 3 is 2.70 bits per heavy atom. The lowest BCUT2D eigenvalue weighted by molar-refractivity contribution is -0.115. The molecule has 37 heavy (non-hydrogen) atoms. The molecule has 4 aromatic rings. The van der Waals surface area contributed by atoms with Gasteiger partial charge in [-0.3, -0.25) is 19.1 Å². The summed E-state index contributed by atoms with van der Waals surface area (Å²) in [6.45, 7) is 8.16. The summed E-state index contributed by atoms with van der Waals surface area (Å²) in [5, 5.41) is 11.1. The number of fused-ring (bicyclic) bond motifs is 2. The SMILES string of the molecule is CCCc1cc(C)[nH]c(=O)c1CNC(=O)c1cc(-c2ccc3c(c2)CC(=O)N3)cc2c1cnn2C(C)C. The number of nitrogens with one attached hydrogen (secondary N) is 3. The van der Waals surface area contributed by atoms with Crippen molar-refractivity contribution < 1.29 is 9.59 Å². The number of benzene rings is 2. The summed E-state index contributed by atoms with van der Waals surface area (Å²) in [6, 6.07) is 11.8. The van der Waals surface area contributed by atoms with E-state index in [-0.39, 0.29) is 30.0 Å². The van der Waals surface area contributed by atoms with E-state index in [4.69, 9.17) is 0 Å². The van der Waals surface area contributed by atoms with Gasteiger partial charge in [0.1, 0.15) is 0 Å². The van der Waals surface area contributed by atoms with Gasteiger partial charge in [0.15, 0.2) is 0 Å². The predicted octanol–water partition coefficient (Wildman–Crippen LogP) is 4.66. The topological polar surface area (TPSA) is 109 Å². The van der Waals surface area contributed by atoms with Crippen LogP contribution in [0, 0.1) is 6.92 Å². The summed E-state index contributed by atoms with van der Waals surface area (Å²) in [5.74, 6) is -0.287. The molecule has 0 spiro atoms. The molecule has 0 radical (unpaired) electrons. The summed E-state index contributed by atoms with van der Waals surface area (Å²) in [7, 11) is 0. The molecular formula is C29H31N5O3. The van der Waals surface area contributed by atoms with E-state index < -0.39 is 0 Å². The van der Waals surface area contributed by atoms with Crippen molar-refractivity contribution in [3.05, 3.63) is 80.9 Å². The van der Waals surface area contributed by atoms with E-state index in [0.29, 0.717) is 17.5 Å². The molecule has 5 rings (SSSR count). The van der Waals surface area contributed by atoms with Gasteiger partial charge >= 0.3 is 0 Å². The molecule has 8 heteroatoms. The van der Waals surface area contributed by atoms with Crippen LogP contribution in [0.1, 0.15) is 66.0 Å². The molecule has 2 aromatic carbocycles. The Morgan fingerprint density at radius 2 is 1.95 bits per heavy atom. The minimum Gasteiger partial charge on any atom is -0.348 e. The third kappa shape index (κ3) is 4.67. The lowest BCUT2D eigenvalue weighted by Gasteiger charge is -2.14. The molecule has 0 fully saturated rings. The summed E-state index contributed by atoms with van der Waals surface area (Å²) in [5.41, 5.74) is 7.08. The predicted molar refractivity (Wildman–Crippen MR) is 145 cm³/mol. The van der Waals surface area contributed by atoms with Crippen LogP contribution in [0.15, 0.2) is 47.4 Å². The third-order valence-electron chi connectivity index (χ3n) is 6.82. The summed E-state index contributed by atoms with van der Waals surface area (Å²) in [4.78, 5) is 40.9. The van der Waals surface area contributed by atoms with Gasteiger partial charge in [-0.2, -0.15) is 5.10 Å². The van der Waals surface area contributed by atoms with Crippen molar-refractivity contribution in [2.45, 2.75) is 59.5 Å². The van der Waals surface area contributed by atoms with Gasteiger partial charge in [-0.05, 0) is 79.8 Å². The van der Waals surface area contributed by atoms with Crippen LogP contribution >= 0.6 is 0 Å². The van der Waals surface area contributed by atoms with E-state index in [9.17, 15) is 14.4 Å². The molecule has 8 nitrogen and oxygen atoms in total. The third-order valence-corrected chi connectivity index (χ3v) is 6.82. The number of pyridine rings is 1. The maximum atomic E-state index is 13.6. The van der Waals surface area contributed by atoms with E-state index >= 15 is 0 Å². The highest BCUT2D eigenvalue weighted by Crippen LogP contribution is 2.33. The van der Waals surface area contributed by atoms with Crippen LogP contribution in [-0.4, -0.2) is 26.6 Å². The highest BCUT2D eigenvalue weighted by Gasteiger charge is 2.21. The zero-order valence-electron chi connectivity index (χ0n) is 21.6. The second-order valence-electron chi connectivity index (χ2n) is 9.95. The van der Waals surface area contributed by atoms with Gasteiger partial charge in [-0.1, -0.05) is 19.4 Å². The van der Waals surface area contributed by atoms with Gasteiger partial charge in [0.2, 0.25) is 5.91 Å². The Kier molecular flexibility index (Phi) is 6.41. The number of carbonyl (C=O) groups is 2. The van der Waals surface area contributed by atoms with Crippen molar-refractivity contribution in [2.75, 3.05) is 5.32 Å². The molecule has 0 aliphatic carbocycles. The fourth-order valence-electron chi connectivity index (χ4n) is 5.06. The first-order valence-electron chi connectivity index (χ1n) is 12.7. The molecule has 0 atom stereocenters. The fourth-order valence-corrected chi connectivity index (χ4v) is 5.06. The number of amides is 2. The minimum atomic E-state index is -0.268. The normalized spacial score (nSPS) is 12.7. The van der Waals surface area contributed by atoms with Gasteiger partial charge in [-0.25, -0.2) is 0 Å². The number of rotatable bonds is 7. The lowest BCUT2D eigenvalue weighted by atomic mass is 9.97. The molecule has 0 bridgehead atoms. The average Bonchev–Trinajstić information content (AvgIpc) is 3.44. The number of aryl methyl sites for hydroxylation is 2. The van der Waals surface area contributed by atoms with Crippen LogP contribution in [0.3, 0.4) is 0 Å². The Hall–Kier alpha value is -4.20. The Morgan fingerprint density at radius 1 is 1.14 bits per heavy atom. The van der Waals surface area contributed by atoms with Crippen LogP contribution < -0.4 is 16.2 Å². The van der Waals surface area contributed by atoms with Crippen molar-refractivity contribution in [3.8, 4) is 11.1 Å². The maximum absolute atomic E-state index is 13.6. The first-order valence-corrected chi connectivity index (χ1v) is 12.7. The minimum absolute atomic E-state index is 0.0194. The Balaban J connectivity index is 1.54. The number of aromatic nitrogens is 3. The largest absolute Gasteiger partial charge is 0.348 e. The standard InChI is InChI=1S/C29H31N5O3/c1-5-6-19-9-17(4)32-29(37)23(19)14-30-28(36)22-11-20(12-26-24(22)15-31-34(26)16(2)3)18-7-8-25-21(10-18)13-27(35)33-25/h7-12,15-16H,5-6,13-14H2,1-4H3,(H,30,36)(H,32,37)(H,33,35). The molecular weight excluding hydrogens is 466 g/mol. The number of carbonyl (C=O) groups excluding carboxylic acids is 2. The molecule has 0 unspecified atom stereocenters. The number of hydrogen-bond acceptors (Lipinski definition) is 4. The zero-order valence-corrected chi connectivity index (χ0v) is 21.6. The van der Waals surface area contributed by atoms with Gasteiger partial charge in [0.25, 0.3) is 11.5 Å². The van der Waals surface area contributed by atoms with Crippen molar-refractivity contribution in [1.82, 2.24) is 20.1 Å². The molecule has 2 amide bonds. The van der Waals surface area contributed by atoms with E-state index in [0.717, 1.165) is 57.4 Å². The van der Waals surface area contributed by atoms with Crippen molar-refractivity contribution in [3.63, 3.8) is 0 Å². The van der Waals surface area contributed by atoms with Crippen LogP contribution in [0.2, 0.25) is 0 Å². The van der Waals surface area contributed by atoms with Gasteiger partial charge < -0.3 is 15.6 Å². The highest BCUT2D eigenvalue weighted by molar-refractivity contribution is 6.08. The number of aromatic amines is 1. The summed E-state index contributed by atoms with van der Waals surface area (Å²) >= 11 is 0. The Labute approximate surface area is 215 Å². The van der Waals surface area contributed by atoms with E-state index in [1.165, 1.54) is 0 Å². The van der Waals surface area contributed by atoms with Crippen molar-refractivity contribution in [1.29, 1.82) is 0 Å². The molecule has 3 N–H and O–H groups in total. The molecule has 0 saturated carbocycles. The smallest absolute Gasteiger partial charge is 0.253 e. The second kappa shape index (κ2) is 9.69. The van der Waals surface area contributed by atoms with Gasteiger partial charge in [0, 0.05) is 34.9 Å². The van der Waals surface area contributed by atoms with E-state index in [1.54, 1.807) is 6.20 Å². The Bertz CT molecular complexity index is 1600. The molecule has 2 aromatic heterocycles. The fraction of sp³-hybridized carbons (Fsp3) is 0.310. The number of H-pyrrole nitrogens is 1. The highest BCUT2D eigenvalue weighted by atomic mass is 16.2. The van der Waals surface area contributed by atoms with Gasteiger partial charge in [0.05, 0.1) is 23.7 Å². The maximum Gasteiger partial charge on any atom is 0.253 e. The summed E-state index contributed by atoms with van der Waals surface area (Å²) in [6.07, 6.45) is 3.74. The number of nitrogens with zero attached hydrogens (tertiary/aromatic N) is 2. The van der Waals surface area contributed by atoms with Crippen molar-refractivity contribution >= 4 is 28.4 Å². The van der Waals surface area contributed by atoms with E-state index in [2.05, 4.69) is 27.6 Å². The quantitative estimate of drug-likeness (QED) is 0.345. The first kappa shape index (κ1) is 24.5. The van der Waals surface area contributed by atoms with Crippen molar-refractivity contribution in [2.24, 2.45) is 0 Å². The average molecular weight is 498 g/mol. The van der Waals surface area contributed by atoms with Gasteiger partial charge in [-0.15, -0.1) is 0 Å². The monoisotopic (exact) mass is 497 g/mol. The van der Waals surface area contributed by atoms with Crippen LogP contribution in [-0.2, 0) is 24.2 Å². The van der Waals surface area contributed by atoms with Crippen LogP contribution in [0.5, 0.6) is 0 Å². The molecule has 0 saturated heterocycles. The second-order valence-corrected chi connectivity index (χ2v) is 9.95. The summed E-state index contributed by atoms with van der Waals surface area (Å²) < 4.78 is 1.90. The molecule has 1 aliphatic rings. The molecule has 1 aliphatic heterocycles. The molecule has 3 heterocycles. The van der Waals surface area contributed by atoms with E-state index in [1.807, 2.05) is 61.9 Å². The number of hydrogen-bond donors (Lipinski definition) is 3. The first-order chi connectivity index (χ1) is 17.7.